The van der Waals surface area contributed by atoms with Crippen LogP contribution in [0.2, 0.25) is 0 Å². The van der Waals surface area contributed by atoms with E-state index in [1.807, 2.05) is 30.3 Å². The largest absolute Gasteiger partial charge is 0.264 e. The Morgan fingerprint density at radius 2 is 1.19 bits per heavy atom. The summed E-state index contributed by atoms with van der Waals surface area (Å²) in [5.74, 6) is 1.43. The fourth-order valence-corrected chi connectivity index (χ4v) is 5.40. The molecule has 202 valence electrons. The Morgan fingerprint density at radius 1 is 0.488 bits per heavy atom. The molecule has 43 heavy (non-hydrogen) atoms. The highest BCUT2D eigenvalue weighted by molar-refractivity contribution is 6.19. The van der Waals surface area contributed by atoms with Crippen LogP contribution in [0.25, 0.3) is 66.7 Å². The Bertz CT molecular complexity index is 2180. The van der Waals surface area contributed by atoms with Gasteiger partial charge in [0.2, 0.25) is 0 Å². The van der Waals surface area contributed by atoms with Gasteiger partial charge in [-0.25, -0.2) is 19.9 Å². The molecule has 8 heteroatoms. The highest BCUT2D eigenvalue weighted by Crippen LogP contribution is 2.33. The molecule has 0 aliphatic rings. The summed E-state index contributed by atoms with van der Waals surface area (Å²) in [7, 11) is 0. The van der Waals surface area contributed by atoms with Crippen LogP contribution in [0, 0.1) is 0 Å². The van der Waals surface area contributed by atoms with Crippen LogP contribution in [0.4, 0.5) is 0 Å². The lowest BCUT2D eigenvalue weighted by atomic mass is 9.96. The van der Waals surface area contributed by atoms with Gasteiger partial charge >= 0.3 is 0 Å². The molecule has 3 aromatic carbocycles. The lowest BCUT2D eigenvalue weighted by Crippen LogP contribution is -2.03. The summed E-state index contributed by atoms with van der Waals surface area (Å²) in [5, 5.41) is 5.88. The average molecular weight is 555 g/mol. The Kier molecular flexibility index (Phi) is 6.00. The van der Waals surface area contributed by atoms with Gasteiger partial charge in [-0.2, -0.15) is 0 Å². The maximum absolute atomic E-state index is 5.06. The Hall–Kier alpha value is -6.02. The van der Waals surface area contributed by atoms with Crippen LogP contribution in [0.1, 0.15) is 11.4 Å². The van der Waals surface area contributed by atoms with Crippen LogP contribution in [0.5, 0.6) is 0 Å². The maximum atomic E-state index is 5.06. The van der Waals surface area contributed by atoms with Gasteiger partial charge in [-0.15, -0.1) is 0 Å². The van der Waals surface area contributed by atoms with Gasteiger partial charge in [-0.05, 0) is 41.1 Å². The van der Waals surface area contributed by atoms with Crippen LogP contribution in [0.3, 0.4) is 0 Å². The standard InChI is InChI=1S/C35H22N8/c1-2-10-26-22(7-1)13-14-28-30(40-29-12-4-3-11-27(29)32(26)28)17-25-20-39-31(21-38-25)35-42-33(23-8-5-15-36-18-23)41-34(43-35)24-9-6-16-37-19-24/h1-16,18-21H,17H2. The number of aromatic nitrogens is 8. The first kappa shape index (κ1) is 24.8. The van der Waals surface area contributed by atoms with Crippen molar-refractivity contribution in [3.8, 4) is 34.3 Å². The number of nitrogens with zero attached hydrogens (tertiary/aromatic N) is 8. The van der Waals surface area contributed by atoms with Crippen molar-refractivity contribution in [2.45, 2.75) is 6.42 Å². The third-order valence-corrected chi connectivity index (χ3v) is 7.43. The quantitative estimate of drug-likeness (QED) is 0.212. The number of benzene rings is 3. The molecule has 5 aromatic heterocycles. The van der Waals surface area contributed by atoms with Crippen molar-refractivity contribution < 1.29 is 0 Å². The third kappa shape index (κ3) is 4.61. The minimum absolute atomic E-state index is 0.424. The topological polar surface area (TPSA) is 103 Å². The zero-order valence-corrected chi connectivity index (χ0v) is 22.8. The summed E-state index contributed by atoms with van der Waals surface area (Å²) in [6, 6.07) is 28.6. The van der Waals surface area contributed by atoms with E-state index in [4.69, 9.17) is 24.9 Å². The predicted molar refractivity (Wildman–Crippen MR) is 167 cm³/mol. The summed E-state index contributed by atoms with van der Waals surface area (Å²) in [5.41, 5.74) is 4.82. The molecule has 0 amide bonds. The second-order valence-electron chi connectivity index (χ2n) is 10.1. The third-order valence-electron chi connectivity index (χ3n) is 7.43. The van der Waals surface area contributed by atoms with E-state index in [1.165, 1.54) is 16.2 Å². The number of para-hydroxylation sites is 1. The lowest BCUT2D eigenvalue weighted by molar-refractivity contribution is 0.991. The predicted octanol–water partition coefficient (Wildman–Crippen LogP) is 6.90. The zero-order chi connectivity index (χ0) is 28.6. The molecule has 0 fully saturated rings. The van der Waals surface area contributed by atoms with Gasteiger partial charge in [0.15, 0.2) is 17.5 Å². The lowest BCUT2D eigenvalue weighted by Gasteiger charge is -2.12. The van der Waals surface area contributed by atoms with Crippen LogP contribution < -0.4 is 0 Å². The molecule has 0 saturated carbocycles. The van der Waals surface area contributed by atoms with Gasteiger partial charge in [0.1, 0.15) is 5.69 Å². The minimum atomic E-state index is 0.424. The summed E-state index contributed by atoms with van der Waals surface area (Å²) in [6.07, 6.45) is 10.9. The normalized spacial score (nSPS) is 11.3. The van der Waals surface area contributed by atoms with Gasteiger partial charge < -0.3 is 0 Å². The molecule has 5 heterocycles. The molecule has 0 spiro atoms. The van der Waals surface area contributed by atoms with Crippen molar-refractivity contribution >= 4 is 32.4 Å². The van der Waals surface area contributed by atoms with Crippen molar-refractivity contribution in [2.24, 2.45) is 0 Å². The maximum Gasteiger partial charge on any atom is 0.184 e. The fourth-order valence-electron chi connectivity index (χ4n) is 5.40. The van der Waals surface area contributed by atoms with Crippen LogP contribution in [-0.2, 0) is 6.42 Å². The van der Waals surface area contributed by atoms with E-state index in [0.717, 1.165) is 38.8 Å². The van der Waals surface area contributed by atoms with Crippen LogP contribution >= 0.6 is 0 Å². The van der Waals surface area contributed by atoms with E-state index >= 15 is 0 Å². The molecule has 0 aliphatic heterocycles. The van der Waals surface area contributed by atoms with Gasteiger partial charge in [0.05, 0.1) is 23.1 Å². The van der Waals surface area contributed by atoms with E-state index in [0.29, 0.717) is 29.6 Å². The van der Waals surface area contributed by atoms with E-state index in [1.54, 1.807) is 37.2 Å². The smallest absolute Gasteiger partial charge is 0.184 e. The Labute approximate surface area is 246 Å². The molecule has 0 saturated heterocycles. The number of hydrogen-bond donors (Lipinski definition) is 0. The molecule has 0 N–H and O–H groups in total. The van der Waals surface area contributed by atoms with E-state index in [-0.39, 0.29) is 0 Å². The van der Waals surface area contributed by atoms with Crippen molar-refractivity contribution in [3.63, 3.8) is 0 Å². The second-order valence-corrected chi connectivity index (χ2v) is 10.1. The number of fused-ring (bicyclic) bond motifs is 5. The monoisotopic (exact) mass is 554 g/mol. The van der Waals surface area contributed by atoms with Crippen molar-refractivity contribution in [3.05, 3.63) is 133 Å². The summed E-state index contributed by atoms with van der Waals surface area (Å²) >= 11 is 0. The summed E-state index contributed by atoms with van der Waals surface area (Å²) in [4.78, 5) is 37.2. The van der Waals surface area contributed by atoms with Crippen molar-refractivity contribution in [1.82, 2.24) is 39.9 Å². The molecule has 0 aliphatic carbocycles. The van der Waals surface area contributed by atoms with Crippen molar-refractivity contribution in [1.29, 1.82) is 0 Å². The molecule has 0 radical (unpaired) electrons. The first-order valence-corrected chi connectivity index (χ1v) is 13.9. The molecule has 8 rings (SSSR count). The highest BCUT2D eigenvalue weighted by atomic mass is 15.1. The van der Waals surface area contributed by atoms with Crippen LogP contribution in [0.15, 0.2) is 122 Å². The molecule has 8 nitrogen and oxygen atoms in total. The number of pyridine rings is 3. The Morgan fingerprint density at radius 3 is 1.88 bits per heavy atom. The number of rotatable bonds is 5. The van der Waals surface area contributed by atoms with Crippen molar-refractivity contribution in [2.75, 3.05) is 0 Å². The first-order chi connectivity index (χ1) is 21.3. The van der Waals surface area contributed by atoms with Gasteiger partial charge in [0.25, 0.3) is 0 Å². The molecule has 0 bridgehead atoms. The molecular formula is C35H22N8. The average Bonchev–Trinajstić information content (AvgIpc) is 3.09. The summed E-state index contributed by atoms with van der Waals surface area (Å²) < 4.78 is 0. The number of hydrogen-bond acceptors (Lipinski definition) is 8. The van der Waals surface area contributed by atoms with Gasteiger partial charge in [0, 0.05) is 64.7 Å². The SMILES string of the molecule is c1cncc(-c2nc(-c3cccnc3)nc(-c3cnc(Cc4nc5ccccc5c5c4ccc4ccccc45)cn3)n2)c1. The minimum Gasteiger partial charge on any atom is -0.264 e. The molecular weight excluding hydrogens is 532 g/mol. The molecule has 0 atom stereocenters. The van der Waals surface area contributed by atoms with E-state index in [9.17, 15) is 0 Å². The molecule has 8 aromatic rings. The molecule has 0 unspecified atom stereocenters. The van der Waals surface area contributed by atoms with E-state index in [2.05, 4.69) is 69.5 Å². The fraction of sp³-hybridized carbons (Fsp3) is 0.0286. The van der Waals surface area contributed by atoms with Gasteiger partial charge in [-0.1, -0.05) is 54.6 Å². The van der Waals surface area contributed by atoms with E-state index < -0.39 is 0 Å². The van der Waals surface area contributed by atoms with Gasteiger partial charge in [-0.3, -0.25) is 19.9 Å². The van der Waals surface area contributed by atoms with Crippen LogP contribution in [-0.4, -0.2) is 39.9 Å². The zero-order valence-electron chi connectivity index (χ0n) is 22.8. The Balaban J connectivity index is 1.20. The highest BCUT2D eigenvalue weighted by Gasteiger charge is 2.15. The second kappa shape index (κ2) is 10.4. The first-order valence-electron chi connectivity index (χ1n) is 13.9. The summed E-state index contributed by atoms with van der Waals surface area (Å²) in [6.45, 7) is 0.